The molecule has 0 saturated carbocycles. The van der Waals surface area contributed by atoms with Gasteiger partial charge < -0.3 is 35.8 Å². The zero-order valence-electron chi connectivity index (χ0n) is 41.4. The first kappa shape index (κ1) is 57.3. The summed E-state index contributed by atoms with van der Waals surface area (Å²) in [4.78, 5) is 70.3. The van der Waals surface area contributed by atoms with Crippen molar-refractivity contribution in [2.24, 2.45) is 29.2 Å². The Morgan fingerprint density at radius 3 is 1.38 bits per heavy atom. The van der Waals surface area contributed by atoms with E-state index >= 15 is 0 Å². The van der Waals surface area contributed by atoms with E-state index in [0.717, 1.165) is 11.1 Å². The van der Waals surface area contributed by atoms with Gasteiger partial charge in [0.05, 0.1) is 17.4 Å². The second-order valence-corrected chi connectivity index (χ2v) is 20.0. The van der Waals surface area contributed by atoms with E-state index in [1.54, 1.807) is 56.3 Å². The Morgan fingerprint density at radius 2 is 1.03 bits per heavy atom. The van der Waals surface area contributed by atoms with E-state index < -0.39 is 47.7 Å². The van der Waals surface area contributed by atoms with Crippen LogP contribution in [0.3, 0.4) is 0 Å². The molecule has 0 spiro atoms. The molecule has 5 atom stereocenters. The van der Waals surface area contributed by atoms with Gasteiger partial charge in [0.2, 0.25) is 17.5 Å². The average Bonchev–Trinajstić information content (AvgIpc) is 4.06. The third kappa shape index (κ3) is 16.7. The van der Waals surface area contributed by atoms with E-state index in [0.29, 0.717) is 56.5 Å². The van der Waals surface area contributed by atoms with E-state index in [1.165, 1.54) is 42.9 Å². The van der Waals surface area contributed by atoms with Gasteiger partial charge in [0.1, 0.15) is 36.2 Å². The van der Waals surface area contributed by atoms with E-state index in [9.17, 15) is 43.0 Å². The number of hydrogen-bond acceptors (Lipinski definition) is 11. The highest BCUT2D eigenvalue weighted by atomic mass is 35.5. The molecule has 14 nitrogen and oxygen atoms in total. The van der Waals surface area contributed by atoms with Crippen LogP contribution in [0.1, 0.15) is 123 Å². The summed E-state index contributed by atoms with van der Waals surface area (Å²) in [6.07, 6.45) is 3.71. The molecule has 0 fully saturated rings. The molecule has 0 bridgehead atoms. The van der Waals surface area contributed by atoms with Crippen LogP contribution in [0.4, 0.5) is 8.78 Å². The molecular weight excluding hydrogens is 984 g/mol. The van der Waals surface area contributed by atoms with Crippen molar-refractivity contribution < 1.29 is 51.8 Å². The van der Waals surface area contributed by atoms with Crippen LogP contribution in [0.25, 0.3) is 22.3 Å². The number of carboxylic acid groups (broad SMARTS) is 2. The summed E-state index contributed by atoms with van der Waals surface area (Å²) in [5, 5.41) is 22.5. The predicted molar refractivity (Wildman–Crippen MR) is 274 cm³/mol. The topological polar surface area (TPSA) is 242 Å². The third-order valence-electron chi connectivity index (χ3n) is 12.2. The number of aliphatic carboxylic acids is 2. The average molecular weight is 1050 g/mol. The first-order chi connectivity index (χ1) is 34.5. The summed E-state index contributed by atoms with van der Waals surface area (Å²) in [5.74, 6) is -5.26. The van der Waals surface area contributed by atoms with Gasteiger partial charge in [0.15, 0.2) is 0 Å². The molecule has 388 valence electrons. The zero-order valence-corrected chi connectivity index (χ0v) is 42.9. The first-order valence-corrected chi connectivity index (χ1v) is 24.6. The Morgan fingerprint density at radius 1 is 0.616 bits per heavy atom. The van der Waals surface area contributed by atoms with Gasteiger partial charge >= 0.3 is 11.9 Å². The number of rotatable bonds is 23. The lowest BCUT2D eigenvalue weighted by Crippen LogP contribution is -2.51. The Bertz CT molecular complexity index is 2850. The molecule has 0 radical (unpaired) electrons. The van der Waals surface area contributed by atoms with Gasteiger partial charge in [-0.3, -0.25) is 19.2 Å². The molecule has 0 saturated heterocycles. The van der Waals surface area contributed by atoms with Gasteiger partial charge in [-0.1, -0.05) is 113 Å². The Labute approximate surface area is 432 Å². The summed E-state index contributed by atoms with van der Waals surface area (Å²) < 4.78 is 39.2. The summed E-state index contributed by atoms with van der Waals surface area (Å²) in [6, 6.07) is 19.7. The quantitative estimate of drug-likeness (QED) is 0.0376. The van der Waals surface area contributed by atoms with Gasteiger partial charge in [0, 0.05) is 34.0 Å². The minimum atomic E-state index is -1.26. The summed E-state index contributed by atoms with van der Waals surface area (Å²) >= 11 is 12.0. The number of aromatic nitrogens is 2. The Kier molecular flexibility index (Phi) is 20.7. The molecule has 2 heterocycles. The van der Waals surface area contributed by atoms with Crippen LogP contribution in [0.15, 0.2) is 106 Å². The molecule has 0 aliphatic rings. The van der Waals surface area contributed by atoms with Crippen molar-refractivity contribution in [3.05, 3.63) is 153 Å². The third-order valence-corrected chi connectivity index (χ3v) is 12.7. The molecular formula is C55H61Cl2F2N5O9. The molecule has 1 amide bonds. The highest BCUT2D eigenvalue weighted by molar-refractivity contribution is 6.31. The van der Waals surface area contributed by atoms with Crippen molar-refractivity contribution >= 4 is 52.6 Å². The van der Waals surface area contributed by atoms with Gasteiger partial charge in [-0.15, -0.1) is 0 Å². The number of nitrogens with two attached hydrogens (primary N) is 2. The second kappa shape index (κ2) is 26.4. The standard InChI is InChI=1S/C30H35ClFN3O5.C25H26ClFN2O4/c1-16(2)25-15-40-29(35-25)26(36)13-19(12-24(30(38)39)34-28(37)27(33)17(3)4)11-18-5-7-20(8-6-18)22-14-21(31)9-10-23(22)32;1-14(2)22-13-33-24(29-22)23(30)11-16(10-21(28)25(31)32)9-15-3-5-17(6-4-15)19-12-18(26)7-8-20(19)27/h5-10,14-17,19,24,27H,11-13,33H2,1-4H3,(H,34,37)(H,38,39);3-8,12-14,16,21H,9-11,28H2,1-2H3,(H,31,32)/t19-,24-,27+;16-,21-/m11/s1. The number of carbonyl (C=O) groups excluding carboxylic acids is 3. The van der Waals surface area contributed by atoms with Gasteiger partial charge in [0.25, 0.3) is 11.8 Å². The fourth-order valence-electron chi connectivity index (χ4n) is 7.87. The highest BCUT2D eigenvalue weighted by Crippen LogP contribution is 2.30. The molecule has 0 aliphatic heterocycles. The first-order valence-electron chi connectivity index (χ1n) is 23.8. The second-order valence-electron chi connectivity index (χ2n) is 19.1. The van der Waals surface area contributed by atoms with Crippen LogP contribution in [0, 0.1) is 29.4 Å². The van der Waals surface area contributed by atoms with Crippen molar-refractivity contribution in [1.29, 1.82) is 0 Å². The fourth-order valence-corrected chi connectivity index (χ4v) is 8.21. The number of halogens is 4. The molecule has 7 N–H and O–H groups in total. The van der Waals surface area contributed by atoms with Gasteiger partial charge in [-0.05, 0) is 114 Å². The summed E-state index contributed by atoms with van der Waals surface area (Å²) in [6.45, 7) is 11.3. The number of hydrogen-bond donors (Lipinski definition) is 5. The van der Waals surface area contributed by atoms with E-state index in [-0.39, 0.29) is 78.5 Å². The van der Waals surface area contributed by atoms with Crippen molar-refractivity contribution in [3.8, 4) is 22.3 Å². The molecule has 6 aromatic rings. The number of amides is 1. The van der Waals surface area contributed by atoms with Gasteiger partial charge in [-0.25, -0.2) is 23.5 Å². The van der Waals surface area contributed by atoms with Crippen LogP contribution in [0.2, 0.25) is 10.0 Å². The van der Waals surface area contributed by atoms with Crippen molar-refractivity contribution in [3.63, 3.8) is 0 Å². The van der Waals surface area contributed by atoms with Crippen LogP contribution >= 0.6 is 23.2 Å². The molecule has 73 heavy (non-hydrogen) atoms. The predicted octanol–water partition coefficient (Wildman–Crippen LogP) is 11.1. The number of ketones is 2. The number of nitrogens with one attached hydrogen (secondary N) is 1. The number of carboxylic acids is 2. The van der Waals surface area contributed by atoms with Crippen LogP contribution in [0.5, 0.6) is 0 Å². The maximum Gasteiger partial charge on any atom is 0.326 e. The zero-order chi connectivity index (χ0) is 53.7. The Hall–Kier alpha value is -6.59. The SMILES string of the molecule is CC(C)c1coc(C(=O)C[C@H](Cc2ccc(-c3cc(Cl)ccc3F)cc2)C[C@@H](N)C(=O)O)n1.CC(C)c1coc(C(=O)C[C@H](Cc2ccc(-c3cc(Cl)ccc3F)cc2)C[C@@H](NC(=O)[C@@H](N)C(C)C)C(=O)O)n1. The van der Waals surface area contributed by atoms with E-state index in [1.807, 2.05) is 39.8 Å². The molecule has 18 heteroatoms. The lowest BCUT2D eigenvalue weighted by atomic mass is 9.87. The minimum absolute atomic E-state index is 0.0133. The van der Waals surface area contributed by atoms with Gasteiger partial charge in [-0.2, -0.15) is 0 Å². The summed E-state index contributed by atoms with van der Waals surface area (Å²) in [7, 11) is 0. The highest BCUT2D eigenvalue weighted by Gasteiger charge is 2.30. The van der Waals surface area contributed by atoms with Crippen LogP contribution in [-0.2, 0) is 27.2 Å². The lowest BCUT2D eigenvalue weighted by Gasteiger charge is -2.24. The summed E-state index contributed by atoms with van der Waals surface area (Å²) in [5.41, 5.74) is 16.7. The normalized spacial score (nSPS) is 13.5. The largest absolute Gasteiger partial charge is 0.480 e. The maximum absolute atomic E-state index is 14.3. The molecule has 0 aliphatic carbocycles. The number of Topliss-reactive ketones (excluding diaryl/α,β-unsaturated/α-hetero) is 2. The van der Waals surface area contributed by atoms with Crippen LogP contribution < -0.4 is 16.8 Å². The van der Waals surface area contributed by atoms with Crippen molar-refractivity contribution in [2.75, 3.05) is 0 Å². The number of carbonyl (C=O) groups is 5. The van der Waals surface area contributed by atoms with Crippen LogP contribution in [-0.4, -0.2) is 67.7 Å². The van der Waals surface area contributed by atoms with Crippen molar-refractivity contribution in [2.45, 2.75) is 110 Å². The smallest absolute Gasteiger partial charge is 0.326 e. The lowest BCUT2D eigenvalue weighted by molar-refractivity contribution is -0.142. The minimum Gasteiger partial charge on any atom is -0.480 e. The Balaban J connectivity index is 0.000000276. The fraction of sp³-hybridized carbons (Fsp3) is 0.364. The van der Waals surface area contributed by atoms with E-state index in [2.05, 4.69) is 15.3 Å². The monoisotopic (exact) mass is 1040 g/mol. The maximum atomic E-state index is 14.3. The molecule has 4 aromatic carbocycles. The number of nitrogens with zero attached hydrogens (tertiary/aromatic N) is 2. The molecule has 0 unspecified atom stereocenters. The number of oxazole rings is 2. The molecule has 6 rings (SSSR count). The van der Waals surface area contributed by atoms with Crippen molar-refractivity contribution in [1.82, 2.24) is 15.3 Å². The van der Waals surface area contributed by atoms with E-state index in [4.69, 9.17) is 43.5 Å². The number of benzene rings is 4. The molecule has 2 aromatic heterocycles.